The molecule has 4 heterocycles. The molecule has 164 valence electrons. The Morgan fingerprint density at radius 2 is 1.88 bits per heavy atom. The normalized spacial score (nSPS) is 14.8. The van der Waals surface area contributed by atoms with Crippen molar-refractivity contribution < 1.29 is 8.78 Å². The molecule has 0 atom stereocenters. The zero-order chi connectivity index (χ0) is 22.2. The second-order valence-corrected chi connectivity index (χ2v) is 7.55. The van der Waals surface area contributed by atoms with Crippen LogP contribution in [0.15, 0.2) is 24.4 Å². The molecule has 0 radical (unpaired) electrons. The molecule has 3 aromatic heterocycles. The molecular formula is C21H21F2N9. The van der Waals surface area contributed by atoms with E-state index < -0.39 is 11.6 Å². The zero-order valence-electron chi connectivity index (χ0n) is 17.5. The van der Waals surface area contributed by atoms with E-state index in [1.807, 2.05) is 4.90 Å². The van der Waals surface area contributed by atoms with Crippen LogP contribution in [0.25, 0.3) is 16.7 Å². The predicted molar refractivity (Wildman–Crippen MR) is 116 cm³/mol. The quantitative estimate of drug-likeness (QED) is 0.484. The molecule has 0 aliphatic carbocycles. The summed E-state index contributed by atoms with van der Waals surface area (Å²) in [5, 5.41) is 9.50. The summed E-state index contributed by atoms with van der Waals surface area (Å²) >= 11 is 0. The maximum Gasteiger partial charge on any atom is 0.226 e. The highest BCUT2D eigenvalue weighted by molar-refractivity contribution is 5.89. The number of aromatic nitrogens is 6. The number of piperazine rings is 1. The maximum atomic E-state index is 14.1. The van der Waals surface area contributed by atoms with E-state index in [9.17, 15) is 8.78 Å². The lowest BCUT2D eigenvalue weighted by Crippen LogP contribution is -2.47. The molecule has 0 amide bonds. The zero-order valence-corrected chi connectivity index (χ0v) is 17.5. The van der Waals surface area contributed by atoms with Gasteiger partial charge in [-0.05, 0) is 25.0 Å². The number of nitrogens with zero attached hydrogens (tertiary/aromatic N) is 8. The number of halogens is 2. The van der Waals surface area contributed by atoms with Gasteiger partial charge in [0.15, 0.2) is 11.3 Å². The summed E-state index contributed by atoms with van der Waals surface area (Å²) in [6.07, 6.45) is 1.71. The molecule has 5 rings (SSSR count). The fourth-order valence-corrected chi connectivity index (χ4v) is 3.97. The number of rotatable bonds is 4. The predicted octanol–water partition coefficient (Wildman–Crippen LogP) is 1.53. The van der Waals surface area contributed by atoms with Crippen LogP contribution in [0.2, 0.25) is 0 Å². The van der Waals surface area contributed by atoms with Crippen molar-refractivity contribution in [1.82, 2.24) is 34.3 Å². The molecule has 1 aliphatic rings. The average molecular weight is 437 g/mol. The van der Waals surface area contributed by atoms with Crippen LogP contribution in [0.5, 0.6) is 0 Å². The lowest BCUT2D eigenvalue weighted by Gasteiger charge is -2.36. The minimum absolute atomic E-state index is 0.223. The molecule has 0 bridgehead atoms. The van der Waals surface area contributed by atoms with E-state index in [1.165, 1.54) is 16.6 Å². The summed E-state index contributed by atoms with van der Waals surface area (Å²) in [7, 11) is 0. The van der Waals surface area contributed by atoms with Crippen LogP contribution in [0, 0.1) is 23.5 Å². The SMILES string of the molecule is CC#Cc1nc2c3cnn(CCN4CCN(c5ccc(F)cc5F)CC4)c3nc(N)n2n1. The minimum atomic E-state index is -0.566. The topological polar surface area (TPSA) is 93.4 Å². The van der Waals surface area contributed by atoms with Gasteiger partial charge in [-0.25, -0.2) is 13.5 Å². The maximum absolute atomic E-state index is 14.1. The standard InChI is InChI=1S/C21H21F2N9/c1-2-3-18-26-20-15-13-25-31(19(15)27-21(24)32(20)28-18)11-8-29-6-9-30(10-7-29)17-5-4-14(22)12-16(17)23/h4-5,12-13H,6-11H2,1H3,(H2,24,27). The van der Waals surface area contributed by atoms with Crippen molar-refractivity contribution in [2.24, 2.45) is 0 Å². The van der Waals surface area contributed by atoms with E-state index in [-0.39, 0.29) is 5.95 Å². The van der Waals surface area contributed by atoms with Gasteiger partial charge in [-0.3, -0.25) is 4.90 Å². The van der Waals surface area contributed by atoms with Crippen LogP contribution in [0.4, 0.5) is 20.4 Å². The number of benzene rings is 1. The Labute approximate surface area is 182 Å². The van der Waals surface area contributed by atoms with E-state index >= 15 is 0 Å². The number of nitrogen functional groups attached to an aromatic ring is 1. The Morgan fingerprint density at radius 3 is 2.62 bits per heavy atom. The first kappa shape index (κ1) is 20.1. The van der Waals surface area contributed by atoms with Gasteiger partial charge in [-0.2, -0.15) is 19.6 Å². The minimum Gasteiger partial charge on any atom is -0.368 e. The molecule has 0 unspecified atom stereocenters. The molecule has 11 heteroatoms. The third kappa shape index (κ3) is 3.58. The number of hydrogen-bond acceptors (Lipinski definition) is 7. The Balaban J connectivity index is 1.28. The summed E-state index contributed by atoms with van der Waals surface area (Å²) in [4.78, 5) is 13.1. The van der Waals surface area contributed by atoms with E-state index in [1.54, 1.807) is 17.8 Å². The van der Waals surface area contributed by atoms with E-state index in [0.717, 1.165) is 31.1 Å². The Bertz CT molecular complexity index is 1360. The van der Waals surface area contributed by atoms with Crippen molar-refractivity contribution >= 4 is 28.3 Å². The smallest absolute Gasteiger partial charge is 0.226 e. The second kappa shape index (κ2) is 8.05. The summed E-state index contributed by atoms with van der Waals surface area (Å²) in [5.74, 6) is 5.12. The Kier molecular flexibility index (Phi) is 5.07. The van der Waals surface area contributed by atoms with Gasteiger partial charge in [0.2, 0.25) is 11.8 Å². The molecule has 1 aromatic carbocycles. The molecule has 0 saturated carbocycles. The van der Waals surface area contributed by atoms with E-state index in [2.05, 4.69) is 36.9 Å². The summed E-state index contributed by atoms with van der Waals surface area (Å²) in [6, 6.07) is 3.71. The van der Waals surface area contributed by atoms with Gasteiger partial charge in [0, 0.05) is 38.8 Å². The van der Waals surface area contributed by atoms with Crippen molar-refractivity contribution in [3.05, 3.63) is 41.9 Å². The van der Waals surface area contributed by atoms with E-state index in [4.69, 9.17) is 5.73 Å². The molecule has 0 spiro atoms. The largest absolute Gasteiger partial charge is 0.368 e. The van der Waals surface area contributed by atoms with Crippen LogP contribution in [0.3, 0.4) is 0 Å². The lowest BCUT2D eigenvalue weighted by molar-refractivity contribution is 0.245. The van der Waals surface area contributed by atoms with Crippen molar-refractivity contribution in [2.75, 3.05) is 43.4 Å². The highest BCUT2D eigenvalue weighted by Crippen LogP contribution is 2.22. The van der Waals surface area contributed by atoms with Crippen molar-refractivity contribution in [3.63, 3.8) is 0 Å². The lowest BCUT2D eigenvalue weighted by atomic mass is 10.2. The summed E-state index contributed by atoms with van der Waals surface area (Å²) in [6.45, 7) is 5.94. The fourth-order valence-electron chi connectivity index (χ4n) is 3.97. The fraction of sp³-hybridized carbons (Fsp3) is 0.333. The number of fused-ring (bicyclic) bond motifs is 3. The molecule has 1 fully saturated rings. The van der Waals surface area contributed by atoms with E-state index in [0.29, 0.717) is 42.4 Å². The Morgan fingerprint density at radius 1 is 1.06 bits per heavy atom. The first-order valence-electron chi connectivity index (χ1n) is 10.3. The molecule has 4 aromatic rings. The van der Waals surface area contributed by atoms with Gasteiger partial charge >= 0.3 is 0 Å². The summed E-state index contributed by atoms with van der Waals surface area (Å²) < 4.78 is 30.5. The van der Waals surface area contributed by atoms with Gasteiger partial charge in [0.25, 0.3) is 0 Å². The average Bonchev–Trinajstić information content (AvgIpc) is 3.37. The van der Waals surface area contributed by atoms with Gasteiger partial charge in [0.1, 0.15) is 11.6 Å². The Hall–Kier alpha value is -3.78. The molecule has 2 N–H and O–H groups in total. The molecule has 1 saturated heterocycles. The van der Waals surface area contributed by atoms with Gasteiger partial charge in [0.05, 0.1) is 23.8 Å². The van der Waals surface area contributed by atoms with Crippen LogP contribution < -0.4 is 10.6 Å². The van der Waals surface area contributed by atoms with Crippen molar-refractivity contribution in [2.45, 2.75) is 13.5 Å². The first-order chi connectivity index (χ1) is 15.5. The second-order valence-electron chi connectivity index (χ2n) is 7.55. The summed E-state index contributed by atoms with van der Waals surface area (Å²) in [5.41, 5.74) is 7.74. The van der Waals surface area contributed by atoms with Crippen molar-refractivity contribution in [1.29, 1.82) is 0 Å². The molecule has 32 heavy (non-hydrogen) atoms. The molecule has 1 aliphatic heterocycles. The van der Waals surface area contributed by atoms with Gasteiger partial charge in [-0.1, -0.05) is 5.92 Å². The van der Waals surface area contributed by atoms with Crippen molar-refractivity contribution in [3.8, 4) is 11.8 Å². The monoisotopic (exact) mass is 437 g/mol. The number of hydrogen-bond donors (Lipinski definition) is 1. The van der Waals surface area contributed by atoms with Gasteiger partial charge in [-0.15, -0.1) is 5.10 Å². The van der Waals surface area contributed by atoms with Crippen LogP contribution >= 0.6 is 0 Å². The van der Waals surface area contributed by atoms with Crippen LogP contribution in [0.1, 0.15) is 12.7 Å². The first-order valence-corrected chi connectivity index (χ1v) is 10.3. The van der Waals surface area contributed by atoms with Crippen LogP contribution in [-0.2, 0) is 6.54 Å². The number of anilines is 2. The highest BCUT2D eigenvalue weighted by atomic mass is 19.1. The number of nitrogens with two attached hydrogens (primary N) is 1. The van der Waals surface area contributed by atoms with Crippen LogP contribution in [-0.4, -0.2) is 67.0 Å². The third-order valence-electron chi connectivity index (χ3n) is 5.58. The molecule has 9 nitrogen and oxygen atoms in total. The third-order valence-corrected chi connectivity index (χ3v) is 5.58. The van der Waals surface area contributed by atoms with Gasteiger partial charge < -0.3 is 10.6 Å². The molecular weight excluding hydrogens is 416 g/mol. The highest BCUT2D eigenvalue weighted by Gasteiger charge is 2.21.